The SMILES string of the molecule is Cc1ccc(Br)cc1C(C)NC(=O)C1(C(=O)O)CCC1. The second kappa shape index (κ2) is 5.56. The molecule has 2 N–H and O–H groups in total. The number of nitrogens with one attached hydrogen (secondary N) is 1. The van der Waals surface area contributed by atoms with Crippen LogP contribution in [-0.2, 0) is 9.59 Å². The highest BCUT2D eigenvalue weighted by molar-refractivity contribution is 9.10. The minimum atomic E-state index is -1.21. The van der Waals surface area contributed by atoms with Gasteiger partial charge in [0.05, 0.1) is 6.04 Å². The van der Waals surface area contributed by atoms with Gasteiger partial charge in [-0.1, -0.05) is 28.4 Å². The Labute approximate surface area is 126 Å². The number of hydrogen-bond acceptors (Lipinski definition) is 2. The van der Waals surface area contributed by atoms with Gasteiger partial charge in [-0.05, 0) is 49.9 Å². The zero-order valence-electron chi connectivity index (χ0n) is 11.6. The summed E-state index contributed by atoms with van der Waals surface area (Å²) >= 11 is 3.41. The number of benzene rings is 1. The Bertz CT molecular complexity index is 552. The molecule has 1 aliphatic rings. The van der Waals surface area contributed by atoms with Crippen LogP contribution < -0.4 is 5.32 Å². The van der Waals surface area contributed by atoms with E-state index in [9.17, 15) is 14.7 Å². The monoisotopic (exact) mass is 339 g/mol. The standard InChI is InChI=1S/C15H18BrNO3/c1-9-4-5-11(16)8-12(9)10(2)17-13(18)15(14(19)20)6-3-7-15/h4-5,8,10H,3,6-7H2,1-2H3,(H,17,18)(H,19,20). The molecular formula is C15H18BrNO3. The van der Waals surface area contributed by atoms with E-state index in [0.29, 0.717) is 12.8 Å². The molecule has 0 heterocycles. The van der Waals surface area contributed by atoms with Crippen molar-refractivity contribution in [3.63, 3.8) is 0 Å². The Hall–Kier alpha value is -1.36. The Morgan fingerprint density at radius 2 is 2.05 bits per heavy atom. The van der Waals surface area contributed by atoms with Crippen molar-refractivity contribution < 1.29 is 14.7 Å². The van der Waals surface area contributed by atoms with Crippen LogP contribution in [0.3, 0.4) is 0 Å². The largest absolute Gasteiger partial charge is 0.480 e. The van der Waals surface area contributed by atoms with Gasteiger partial charge in [0.15, 0.2) is 0 Å². The first-order valence-electron chi connectivity index (χ1n) is 6.67. The predicted molar refractivity (Wildman–Crippen MR) is 79.4 cm³/mol. The second-order valence-corrected chi connectivity index (χ2v) is 6.35. The molecule has 0 aromatic heterocycles. The number of rotatable bonds is 4. The van der Waals surface area contributed by atoms with Gasteiger partial charge in [-0.2, -0.15) is 0 Å². The van der Waals surface area contributed by atoms with Crippen LogP contribution in [0.15, 0.2) is 22.7 Å². The van der Waals surface area contributed by atoms with Crippen LogP contribution in [0.5, 0.6) is 0 Å². The number of carbonyl (C=O) groups excluding carboxylic acids is 1. The minimum absolute atomic E-state index is 0.211. The first kappa shape index (κ1) is 15.0. The maximum absolute atomic E-state index is 12.3. The third-order valence-corrected chi connectivity index (χ3v) is 4.60. The molecule has 0 bridgehead atoms. The molecule has 4 nitrogen and oxygen atoms in total. The summed E-state index contributed by atoms with van der Waals surface area (Å²) in [5.41, 5.74) is 0.848. The van der Waals surface area contributed by atoms with Crippen molar-refractivity contribution in [2.45, 2.75) is 39.2 Å². The highest BCUT2D eigenvalue weighted by Crippen LogP contribution is 2.42. The molecule has 1 saturated carbocycles. The van der Waals surface area contributed by atoms with Gasteiger partial charge in [0.2, 0.25) is 5.91 Å². The fraction of sp³-hybridized carbons (Fsp3) is 0.467. The number of aryl methyl sites for hydroxylation is 1. The van der Waals surface area contributed by atoms with Crippen molar-refractivity contribution in [2.75, 3.05) is 0 Å². The molecular weight excluding hydrogens is 322 g/mol. The third-order valence-electron chi connectivity index (χ3n) is 4.11. The molecule has 1 unspecified atom stereocenters. The smallest absolute Gasteiger partial charge is 0.319 e. The van der Waals surface area contributed by atoms with E-state index in [1.54, 1.807) is 0 Å². The molecule has 1 atom stereocenters. The molecule has 0 spiro atoms. The molecule has 0 aliphatic heterocycles. The van der Waals surface area contributed by atoms with Crippen LogP contribution in [0.1, 0.15) is 43.4 Å². The maximum Gasteiger partial charge on any atom is 0.319 e. The Balaban J connectivity index is 2.15. The van der Waals surface area contributed by atoms with Crippen molar-refractivity contribution in [2.24, 2.45) is 5.41 Å². The van der Waals surface area contributed by atoms with Crippen molar-refractivity contribution in [1.82, 2.24) is 5.32 Å². The fourth-order valence-corrected chi connectivity index (χ4v) is 2.94. The van der Waals surface area contributed by atoms with Gasteiger partial charge in [-0.3, -0.25) is 9.59 Å². The summed E-state index contributed by atoms with van der Waals surface area (Å²) in [6, 6.07) is 5.65. The molecule has 5 heteroatoms. The molecule has 0 radical (unpaired) electrons. The van der Waals surface area contributed by atoms with Gasteiger partial charge in [-0.15, -0.1) is 0 Å². The number of carbonyl (C=O) groups is 2. The molecule has 1 aliphatic carbocycles. The number of carboxylic acid groups (broad SMARTS) is 1. The highest BCUT2D eigenvalue weighted by Gasteiger charge is 2.51. The van der Waals surface area contributed by atoms with E-state index in [-0.39, 0.29) is 11.9 Å². The van der Waals surface area contributed by atoms with Crippen molar-refractivity contribution in [3.05, 3.63) is 33.8 Å². The average Bonchev–Trinajstić information content (AvgIpc) is 2.30. The number of hydrogen-bond donors (Lipinski definition) is 2. The Kier molecular flexibility index (Phi) is 4.18. The van der Waals surface area contributed by atoms with Gasteiger partial charge in [0, 0.05) is 4.47 Å². The summed E-state index contributed by atoms with van der Waals surface area (Å²) in [5, 5.41) is 12.1. The summed E-state index contributed by atoms with van der Waals surface area (Å²) in [6.07, 6.45) is 1.65. The lowest BCUT2D eigenvalue weighted by atomic mass is 9.68. The number of aliphatic carboxylic acids is 1. The van der Waals surface area contributed by atoms with Gasteiger partial charge in [0.25, 0.3) is 0 Å². The lowest BCUT2D eigenvalue weighted by molar-refractivity contribution is -0.162. The third kappa shape index (κ3) is 2.59. The van der Waals surface area contributed by atoms with Crippen LogP contribution >= 0.6 is 15.9 Å². The van der Waals surface area contributed by atoms with Crippen LogP contribution in [0.25, 0.3) is 0 Å². The van der Waals surface area contributed by atoms with Crippen LogP contribution in [0, 0.1) is 12.3 Å². The quantitative estimate of drug-likeness (QED) is 0.828. The maximum atomic E-state index is 12.3. The lowest BCUT2D eigenvalue weighted by Crippen LogP contribution is -2.51. The number of carboxylic acids is 1. The molecule has 1 amide bonds. The molecule has 1 aromatic rings. The van der Waals surface area contributed by atoms with E-state index >= 15 is 0 Å². The first-order chi connectivity index (χ1) is 9.36. The zero-order chi connectivity index (χ0) is 14.9. The normalized spacial score (nSPS) is 17.9. The van der Waals surface area contributed by atoms with Gasteiger partial charge in [0.1, 0.15) is 5.41 Å². The number of halogens is 1. The summed E-state index contributed by atoms with van der Waals surface area (Å²) in [5.74, 6) is -1.39. The van der Waals surface area contributed by atoms with E-state index in [2.05, 4.69) is 21.2 Å². The summed E-state index contributed by atoms with van der Waals surface area (Å²) in [4.78, 5) is 23.6. The van der Waals surface area contributed by atoms with Gasteiger partial charge in [-0.25, -0.2) is 0 Å². The average molecular weight is 340 g/mol. The van der Waals surface area contributed by atoms with E-state index < -0.39 is 11.4 Å². The van der Waals surface area contributed by atoms with E-state index in [1.165, 1.54) is 0 Å². The van der Waals surface area contributed by atoms with E-state index in [1.807, 2.05) is 32.0 Å². The van der Waals surface area contributed by atoms with Crippen LogP contribution in [0.2, 0.25) is 0 Å². The van der Waals surface area contributed by atoms with Crippen LogP contribution in [-0.4, -0.2) is 17.0 Å². The fourth-order valence-electron chi connectivity index (χ4n) is 2.56. The topological polar surface area (TPSA) is 66.4 Å². The molecule has 2 rings (SSSR count). The van der Waals surface area contributed by atoms with Gasteiger partial charge >= 0.3 is 5.97 Å². The molecule has 108 valence electrons. The summed E-state index contributed by atoms with van der Waals surface area (Å²) in [6.45, 7) is 3.85. The molecule has 0 saturated heterocycles. The highest BCUT2D eigenvalue weighted by atomic mass is 79.9. The second-order valence-electron chi connectivity index (χ2n) is 5.44. The Morgan fingerprint density at radius 1 is 1.40 bits per heavy atom. The molecule has 1 aromatic carbocycles. The number of amides is 1. The van der Waals surface area contributed by atoms with Crippen molar-refractivity contribution in [3.8, 4) is 0 Å². The van der Waals surface area contributed by atoms with Crippen LogP contribution in [0.4, 0.5) is 0 Å². The van der Waals surface area contributed by atoms with E-state index in [0.717, 1.165) is 22.0 Å². The summed E-state index contributed by atoms with van der Waals surface area (Å²) < 4.78 is 0.941. The predicted octanol–water partition coefficient (Wildman–Crippen LogP) is 3.19. The zero-order valence-corrected chi connectivity index (χ0v) is 13.2. The van der Waals surface area contributed by atoms with Crippen molar-refractivity contribution in [1.29, 1.82) is 0 Å². The van der Waals surface area contributed by atoms with E-state index in [4.69, 9.17) is 0 Å². The summed E-state index contributed by atoms with van der Waals surface area (Å²) in [7, 11) is 0. The minimum Gasteiger partial charge on any atom is -0.480 e. The Morgan fingerprint density at radius 3 is 2.55 bits per heavy atom. The van der Waals surface area contributed by atoms with Gasteiger partial charge < -0.3 is 10.4 Å². The van der Waals surface area contributed by atoms with Crippen molar-refractivity contribution >= 4 is 27.8 Å². The molecule has 20 heavy (non-hydrogen) atoms. The first-order valence-corrected chi connectivity index (χ1v) is 7.46. The molecule has 1 fully saturated rings. The lowest BCUT2D eigenvalue weighted by Gasteiger charge is -2.36.